The van der Waals surface area contributed by atoms with Crippen molar-refractivity contribution in [3.8, 4) is 0 Å². The summed E-state index contributed by atoms with van der Waals surface area (Å²) in [5, 5.41) is 9.22. The normalized spacial score (nSPS) is 13.1. The van der Waals surface area contributed by atoms with Gasteiger partial charge in [-0.3, -0.25) is 0 Å². The smallest absolute Gasteiger partial charge is 0.0500 e. The molecule has 0 aliphatic heterocycles. The lowest BCUT2D eigenvalue weighted by atomic mass is 9.81. The molecule has 0 saturated carbocycles. The average molecular weight is 230 g/mol. The molecule has 1 aromatic carbocycles. The molecule has 0 aliphatic carbocycles. The third-order valence-electron chi connectivity index (χ3n) is 2.65. The van der Waals surface area contributed by atoms with Gasteiger partial charge in [0.1, 0.15) is 0 Å². The number of benzene rings is 1. The number of hydrogen-bond donors (Lipinski definition) is 2. The lowest BCUT2D eigenvalue weighted by Gasteiger charge is -2.29. The lowest BCUT2D eigenvalue weighted by Crippen LogP contribution is -2.32. The molecule has 1 rings (SSSR count). The van der Waals surface area contributed by atoms with E-state index < -0.39 is 0 Å². The fourth-order valence-corrected chi connectivity index (χ4v) is 1.41. The summed E-state index contributed by atoms with van der Waals surface area (Å²) < 4.78 is 0. The summed E-state index contributed by atoms with van der Waals surface area (Å²) in [6.07, 6.45) is 0. The van der Waals surface area contributed by atoms with Crippen molar-refractivity contribution in [1.82, 2.24) is 0 Å². The van der Waals surface area contributed by atoms with Crippen molar-refractivity contribution >= 4 is 12.4 Å². The van der Waals surface area contributed by atoms with Crippen LogP contribution in [0, 0.1) is 12.3 Å². The van der Waals surface area contributed by atoms with Crippen molar-refractivity contribution in [3.05, 3.63) is 35.4 Å². The van der Waals surface area contributed by atoms with E-state index in [0.717, 1.165) is 5.56 Å². The summed E-state index contributed by atoms with van der Waals surface area (Å²) in [6, 6.07) is 8.00. The van der Waals surface area contributed by atoms with Crippen molar-refractivity contribution in [2.45, 2.75) is 26.8 Å². The number of aliphatic hydroxyl groups excluding tert-OH is 1. The van der Waals surface area contributed by atoms with Crippen molar-refractivity contribution in [3.63, 3.8) is 0 Å². The van der Waals surface area contributed by atoms with Crippen molar-refractivity contribution in [2.24, 2.45) is 11.1 Å². The molecule has 2 nitrogen and oxygen atoms in total. The zero-order valence-corrected chi connectivity index (χ0v) is 10.3. The second-order valence-corrected chi connectivity index (χ2v) is 4.54. The maximum Gasteiger partial charge on any atom is 0.0500 e. The zero-order chi connectivity index (χ0) is 10.8. The van der Waals surface area contributed by atoms with E-state index in [-0.39, 0.29) is 30.5 Å². The first-order valence-electron chi connectivity index (χ1n) is 4.90. The van der Waals surface area contributed by atoms with Crippen LogP contribution < -0.4 is 5.73 Å². The summed E-state index contributed by atoms with van der Waals surface area (Å²) in [5.41, 5.74) is 8.11. The summed E-state index contributed by atoms with van der Waals surface area (Å²) in [5.74, 6) is 0. The van der Waals surface area contributed by atoms with E-state index in [0.29, 0.717) is 0 Å². The number of nitrogens with two attached hydrogens (primary N) is 1. The van der Waals surface area contributed by atoms with Gasteiger partial charge in [0.05, 0.1) is 0 Å². The molecule has 0 fully saturated rings. The van der Waals surface area contributed by atoms with Crippen LogP contribution in [0.2, 0.25) is 0 Å². The highest BCUT2D eigenvalue weighted by molar-refractivity contribution is 5.85. The molecule has 0 aliphatic rings. The van der Waals surface area contributed by atoms with Crippen LogP contribution in [0.3, 0.4) is 0 Å². The Morgan fingerprint density at radius 1 is 1.40 bits per heavy atom. The Hall–Kier alpha value is -0.570. The van der Waals surface area contributed by atoms with E-state index in [1.165, 1.54) is 5.56 Å². The molecule has 0 radical (unpaired) electrons. The van der Waals surface area contributed by atoms with Gasteiger partial charge in [0, 0.05) is 18.1 Å². The largest absolute Gasteiger partial charge is 0.396 e. The highest BCUT2D eigenvalue weighted by Gasteiger charge is 2.26. The molecular formula is C12H20ClNO. The first kappa shape index (κ1) is 14.4. The minimum atomic E-state index is -0.270. The van der Waals surface area contributed by atoms with E-state index in [4.69, 9.17) is 5.73 Å². The maximum absolute atomic E-state index is 9.22. The molecule has 3 heteroatoms. The molecule has 0 aromatic heterocycles. The van der Waals surface area contributed by atoms with Crippen LogP contribution in [0.5, 0.6) is 0 Å². The Kier molecular flexibility index (Phi) is 5.29. The molecule has 1 atom stereocenters. The van der Waals surface area contributed by atoms with Crippen molar-refractivity contribution in [1.29, 1.82) is 0 Å². The lowest BCUT2D eigenvalue weighted by molar-refractivity contribution is 0.132. The molecule has 0 amide bonds. The van der Waals surface area contributed by atoms with Gasteiger partial charge in [0.25, 0.3) is 0 Å². The van der Waals surface area contributed by atoms with Crippen molar-refractivity contribution in [2.75, 3.05) is 6.61 Å². The number of aliphatic hydroxyl groups is 1. The summed E-state index contributed by atoms with van der Waals surface area (Å²) in [7, 11) is 0. The van der Waals surface area contributed by atoms with Crippen LogP contribution in [-0.4, -0.2) is 11.7 Å². The predicted octanol–water partition coefficient (Wildman–Crippen LogP) is 2.44. The third kappa shape index (κ3) is 3.49. The second-order valence-electron chi connectivity index (χ2n) is 4.54. The number of hydrogen-bond acceptors (Lipinski definition) is 2. The first-order valence-corrected chi connectivity index (χ1v) is 4.90. The fraction of sp³-hybridized carbons (Fsp3) is 0.500. The van der Waals surface area contributed by atoms with E-state index in [1.807, 2.05) is 39.0 Å². The van der Waals surface area contributed by atoms with Crippen LogP contribution in [0.1, 0.15) is 31.0 Å². The van der Waals surface area contributed by atoms with Gasteiger partial charge in [-0.25, -0.2) is 0 Å². The molecule has 3 N–H and O–H groups in total. The minimum Gasteiger partial charge on any atom is -0.396 e. The Labute approximate surface area is 97.9 Å². The van der Waals surface area contributed by atoms with Gasteiger partial charge in [0.15, 0.2) is 0 Å². The van der Waals surface area contributed by atoms with Crippen LogP contribution in [0.25, 0.3) is 0 Å². The Morgan fingerprint density at radius 3 is 2.47 bits per heavy atom. The van der Waals surface area contributed by atoms with E-state index >= 15 is 0 Å². The van der Waals surface area contributed by atoms with Gasteiger partial charge in [-0.05, 0) is 12.5 Å². The predicted molar refractivity (Wildman–Crippen MR) is 66.2 cm³/mol. The maximum atomic E-state index is 9.22. The van der Waals surface area contributed by atoms with Gasteiger partial charge in [-0.1, -0.05) is 43.7 Å². The van der Waals surface area contributed by atoms with Crippen molar-refractivity contribution < 1.29 is 5.11 Å². The second kappa shape index (κ2) is 5.50. The summed E-state index contributed by atoms with van der Waals surface area (Å²) in [4.78, 5) is 0. The van der Waals surface area contributed by atoms with Crippen LogP contribution >= 0.6 is 12.4 Å². The van der Waals surface area contributed by atoms with Crippen LogP contribution in [-0.2, 0) is 0 Å². The van der Waals surface area contributed by atoms with Crippen LogP contribution in [0.4, 0.5) is 0 Å². The molecule has 15 heavy (non-hydrogen) atoms. The highest BCUT2D eigenvalue weighted by atomic mass is 35.5. The van der Waals surface area contributed by atoms with E-state index in [9.17, 15) is 5.11 Å². The Balaban J connectivity index is 0.00000196. The number of rotatable bonds is 3. The molecule has 0 spiro atoms. The number of aryl methyl sites for hydroxylation is 1. The average Bonchev–Trinajstić information content (AvgIpc) is 2.16. The van der Waals surface area contributed by atoms with Crippen LogP contribution in [0.15, 0.2) is 24.3 Å². The minimum absolute atomic E-state index is 0. The molecular weight excluding hydrogens is 210 g/mol. The first-order chi connectivity index (χ1) is 6.47. The molecule has 0 saturated heterocycles. The third-order valence-corrected chi connectivity index (χ3v) is 2.65. The standard InChI is InChI=1S/C12H19NO.ClH/c1-9-5-4-6-10(7-9)11(13)12(2,3)8-14;/h4-7,11,14H,8,13H2,1-3H3;1H/t11-;/m0./s1. The van der Waals surface area contributed by atoms with Gasteiger partial charge in [-0.15, -0.1) is 12.4 Å². The Bertz CT molecular complexity index is 312. The molecule has 1 aromatic rings. The van der Waals surface area contributed by atoms with E-state index in [1.54, 1.807) is 0 Å². The van der Waals surface area contributed by atoms with Gasteiger partial charge >= 0.3 is 0 Å². The molecule has 0 heterocycles. The quantitative estimate of drug-likeness (QED) is 0.837. The summed E-state index contributed by atoms with van der Waals surface area (Å²) >= 11 is 0. The molecule has 86 valence electrons. The molecule has 0 unspecified atom stereocenters. The van der Waals surface area contributed by atoms with E-state index in [2.05, 4.69) is 6.07 Å². The van der Waals surface area contributed by atoms with Gasteiger partial charge in [-0.2, -0.15) is 0 Å². The number of halogens is 1. The molecule has 0 bridgehead atoms. The monoisotopic (exact) mass is 229 g/mol. The topological polar surface area (TPSA) is 46.2 Å². The Morgan fingerprint density at radius 2 is 2.00 bits per heavy atom. The zero-order valence-electron chi connectivity index (χ0n) is 9.53. The highest BCUT2D eigenvalue weighted by Crippen LogP contribution is 2.30. The summed E-state index contributed by atoms with van der Waals surface area (Å²) in [6.45, 7) is 6.09. The van der Waals surface area contributed by atoms with Gasteiger partial charge in [0.2, 0.25) is 0 Å². The van der Waals surface area contributed by atoms with Gasteiger partial charge < -0.3 is 10.8 Å². The SMILES string of the molecule is Cc1cccc([C@H](N)C(C)(C)CO)c1.Cl. The fourth-order valence-electron chi connectivity index (χ4n) is 1.41.